The third-order valence-electron chi connectivity index (χ3n) is 4.86. The Kier molecular flexibility index (Phi) is 8.14. The van der Waals surface area contributed by atoms with Crippen LogP contribution in [0.1, 0.15) is 22.5 Å². The van der Waals surface area contributed by atoms with Crippen molar-refractivity contribution in [3.8, 4) is 23.3 Å². The zero-order valence-corrected chi connectivity index (χ0v) is 18.9. The fourth-order valence-electron chi connectivity index (χ4n) is 3.21. The number of nitrogens with one attached hydrogen (secondary N) is 1. The van der Waals surface area contributed by atoms with Crippen LogP contribution in [0, 0.1) is 25.2 Å². The molecule has 0 atom stereocenters. The molecule has 0 spiro atoms. The number of nitriles is 1. The second-order valence-corrected chi connectivity index (χ2v) is 7.26. The Morgan fingerprint density at radius 1 is 1.06 bits per heavy atom. The van der Waals surface area contributed by atoms with Gasteiger partial charge in [-0.2, -0.15) is 5.26 Å². The van der Waals surface area contributed by atoms with Gasteiger partial charge in [0.15, 0.2) is 11.5 Å². The predicted molar refractivity (Wildman–Crippen MR) is 124 cm³/mol. The zero-order chi connectivity index (χ0) is 23.6. The molecule has 0 aliphatic heterocycles. The van der Waals surface area contributed by atoms with E-state index in [1.54, 1.807) is 30.3 Å². The van der Waals surface area contributed by atoms with Gasteiger partial charge in [-0.1, -0.05) is 24.3 Å². The molecule has 3 aromatic rings. The van der Waals surface area contributed by atoms with Gasteiger partial charge in [0.1, 0.15) is 36.4 Å². The number of ether oxygens (including phenoxy) is 3. The monoisotopic (exact) mass is 446 g/mol. The number of hydrogen-bond donors (Lipinski definition) is 1. The van der Waals surface area contributed by atoms with Crippen molar-refractivity contribution in [1.82, 2.24) is 5.32 Å². The van der Waals surface area contributed by atoms with Gasteiger partial charge in [0.2, 0.25) is 0 Å². The maximum absolute atomic E-state index is 12.3. The van der Waals surface area contributed by atoms with Crippen molar-refractivity contribution < 1.29 is 23.4 Å². The van der Waals surface area contributed by atoms with Gasteiger partial charge in [-0.15, -0.1) is 0 Å². The van der Waals surface area contributed by atoms with Crippen LogP contribution in [0.2, 0.25) is 0 Å². The molecular formula is C26H26N2O5. The fourth-order valence-corrected chi connectivity index (χ4v) is 3.21. The van der Waals surface area contributed by atoms with Gasteiger partial charge in [-0.3, -0.25) is 4.79 Å². The largest absolute Gasteiger partial charge is 0.493 e. The summed E-state index contributed by atoms with van der Waals surface area (Å²) in [4.78, 5) is 12.3. The Hall–Kier alpha value is -4.18. The number of para-hydroxylation sites is 1. The van der Waals surface area contributed by atoms with Crippen LogP contribution in [0.5, 0.6) is 17.2 Å². The van der Waals surface area contributed by atoms with Gasteiger partial charge in [0.25, 0.3) is 5.91 Å². The lowest BCUT2D eigenvalue weighted by molar-refractivity contribution is -0.117. The molecule has 170 valence electrons. The minimum atomic E-state index is -0.489. The molecule has 7 heteroatoms. The number of benzene rings is 2. The molecule has 0 fully saturated rings. The molecule has 0 radical (unpaired) electrons. The van der Waals surface area contributed by atoms with E-state index in [0.29, 0.717) is 36.0 Å². The van der Waals surface area contributed by atoms with Gasteiger partial charge < -0.3 is 23.9 Å². The molecule has 1 amide bonds. The normalized spacial score (nSPS) is 10.9. The number of carbonyl (C=O) groups excluding carboxylic acids is 1. The molecule has 1 N–H and O–H groups in total. The third-order valence-corrected chi connectivity index (χ3v) is 4.86. The fraction of sp³-hybridized carbons (Fsp3) is 0.231. The summed E-state index contributed by atoms with van der Waals surface area (Å²) < 4.78 is 22.3. The molecule has 0 aliphatic rings. The van der Waals surface area contributed by atoms with Crippen LogP contribution in [-0.4, -0.2) is 26.2 Å². The van der Waals surface area contributed by atoms with Crippen LogP contribution in [0.25, 0.3) is 6.08 Å². The quantitative estimate of drug-likeness (QED) is 0.278. The summed E-state index contributed by atoms with van der Waals surface area (Å²) in [5.41, 5.74) is 2.75. The molecule has 3 rings (SSSR count). The van der Waals surface area contributed by atoms with E-state index in [2.05, 4.69) is 5.32 Å². The van der Waals surface area contributed by atoms with Crippen molar-refractivity contribution in [3.05, 3.63) is 82.8 Å². The van der Waals surface area contributed by atoms with E-state index in [1.165, 1.54) is 19.4 Å². The zero-order valence-electron chi connectivity index (χ0n) is 18.9. The van der Waals surface area contributed by atoms with Gasteiger partial charge in [-0.05, 0) is 60.9 Å². The van der Waals surface area contributed by atoms with Gasteiger partial charge >= 0.3 is 0 Å². The molecule has 0 saturated heterocycles. The predicted octanol–water partition coefficient (Wildman–Crippen LogP) is 4.59. The van der Waals surface area contributed by atoms with Gasteiger partial charge in [-0.25, -0.2) is 0 Å². The number of furan rings is 1. The molecular weight excluding hydrogens is 420 g/mol. The van der Waals surface area contributed by atoms with Crippen molar-refractivity contribution in [2.45, 2.75) is 20.4 Å². The molecule has 0 aliphatic carbocycles. The van der Waals surface area contributed by atoms with E-state index in [-0.39, 0.29) is 12.1 Å². The van der Waals surface area contributed by atoms with E-state index in [1.807, 2.05) is 38.1 Å². The molecule has 7 nitrogen and oxygen atoms in total. The summed E-state index contributed by atoms with van der Waals surface area (Å²) in [6, 6.07) is 16.6. The van der Waals surface area contributed by atoms with Crippen molar-refractivity contribution in [3.63, 3.8) is 0 Å². The number of carbonyl (C=O) groups is 1. The lowest BCUT2D eigenvalue weighted by Crippen LogP contribution is -2.23. The second-order valence-electron chi connectivity index (χ2n) is 7.26. The highest BCUT2D eigenvalue weighted by Gasteiger charge is 2.11. The molecule has 33 heavy (non-hydrogen) atoms. The average molecular weight is 447 g/mol. The van der Waals surface area contributed by atoms with Crippen LogP contribution >= 0.6 is 0 Å². The summed E-state index contributed by atoms with van der Waals surface area (Å²) in [6.45, 7) is 4.92. The van der Waals surface area contributed by atoms with Crippen LogP contribution in [0.15, 0.2) is 64.8 Å². The van der Waals surface area contributed by atoms with Crippen molar-refractivity contribution in [1.29, 1.82) is 5.26 Å². The van der Waals surface area contributed by atoms with E-state index < -0.39 is 5.91 Å². The SMILES string of the molecule is COc1cc(C=C(C#N)C(=O)NCc2ccco2)ccc1OCCOc1c(C)cccc1C. The van der Waals surface area contributed by atoms with Crippen LogP contribution in [-0.2, 0) is 11.3 Å². The Morgan fingerprint density at radius 3 is 2.48 bits per heavy atom. The van der Waals surface area contributed by atoms with E-state index in [0.717, 1.165) is 16.9 Å². The molecule has 1 heterocycles. The lowest BCUT2D eigenvalue weighted by Gasteiger charge is -2.14. The summed E-state index contributed by atoms with van der Waals surface area (Å²) >= 11 is 0. The maximum Gasteiger partial charge on any atom is 0.262 e. The lowest BCUT2D eigenvalue weighted by atomic mass is 10.1. The summed E-state index contributed by atoms with van der Waals surface area (Å²) in [6.07, 6.45) is 3.02. The highest BCUT2D eigenvalue weighted by atomic mass is 16.5. The first-order valence-corrected chi connectivity index (χ1v) is 10.4. The highest BCUT2D eigenvalue weighted by Crippen LogP contribution is 2.29. The maximum atomic E-state index is 12.3. The second kappa shape index (κ2) is 11.4. The first-order chi connectivity index (χ1) is 16.0. The van der Waals surface area contributed by atoms with Crippen LogP contribution < -0.4 is 19.5 Å². The summed E-state index contributed by atoms with van der Waals surface area (Å²) in [7, 11) is 1.53. The topological polar surface area (TPSA) is 93.7 Å². The van der Waals surface area contributed by atoms with E-state index in [9.17, 15) is 10.1 Å². The van der Waals surface area contributed by atoms with Crippen LogP contribution in [0.4, 0.5) is 0 Å². The highest BCUT2D eigenvalue weighted by molar-refractivity contribution is 6.01. The number of aryl methyl sites for hydroxylation is 2. The van der Waals surface area contributed by atoms with Gasteiger partial charge in [0, 0.05) is 0 Å². The number of nitrogens with zero attached hydrogens (tertiary/aromatic N) is 1. The third kappa shape index (κ3) is 6.40. The van der Waals surface area contributed by atoms with Crippen LogP contribution in [0.3, 0.4) is 0 Å². The number of rotatable bonds is 10. The molecule has 0 unspecified atom stereocenters. The molecule has 0 bridgehead atoms. The Labute approximate surface area is 193 Å². The van der Waals surface area contributed by atoms with E-state index >= 15 is 0 Å². The summed E-state index contributed by atoms with van der Waals surface area (Å²) in [5.74, 6) is 2.01. The number of methoxy groups -OCH3 is 1. The summed E-state index contributed by atoms with van der Waals surface area (Å²) in [5, 5.41) is 12.1. The van der Waals surface area contributed by atoms with Gasteiger partial charge in [0.05, 0.1) is 19.9 Å². The number of hydrogen-bond acceptors (Lipinski definition) is 6. The molecule has 2 aromatic carbocycles. The number of amides is 1. The first-order valence-electron chi connectivity index (χ1n) is 10.4. The van der Waals surface area contributed by atoms with Crippen molar-refractivity contribution in [2.24, 2.45) is 0 Å². The standard InChI is InChI=1S/C26H26N2O5/c1-18-6-4-7-19(2)25(18)33-13-12-32-23-10-9-20(15-24(23)30-3)14-21(16-27)26(29)28-17-22-8-5-11-31-22/h4-11,14-15H,12-13,17H2,1-3H3,(H,28,29). The molecule has 1 aromatic heterocycles. The minimum Gasteiger partial charge on any atom is -0.493 e. The van der Waals surface area contributed by atoms with Crippen molar-refractivity contribution >= 4 is 12.0 Å². The molecule has 0 saturated carbocycles. The Bertz CT molecular complexity index is 1140. The first kappa shape index (κ1) is 23.5. The minimum absolute atomic E-state index is 0.0284. The van der Waals surface area contributed by atoms with E-state index in [4.69, 9.17) is 18.6 Å². The Balaban J connectivity index is 1.60. The average Bonchev–Trinajstić information content (AvgIpc) is 3.34. The Morgan fingerprint density at radius 2 is 1.82 bits per heavy atom. The smallest absolute Gasteiger partial charge is 0.262 e. The van der Waals surface area contributed by atoms with Crippen molar-refractivity contribution in [2.75, 3.05) is 20.3 Å².